The van der Waals surface area contributed by atoms with E-state index in [1.54, 1.807) is 0 Å². The highest BCUT2D eigenvalue weighted by Crippen LogP contribution is 2.33. The number of carbonyl (C=O) groups excluding carboxylic acids is 4. The minimum atomic E-state index is -1.04. The summed E-state index contributed by atoms with van der Waals surface area (Å²) in [6.07, 6.45) is 5.38. The van der Waals surface area contributed by atoms with Gasteiger partial charge >= 0.3 is 0 Å². The standard InChI is InChI=1S/C20H22FN3O4/c21-14-10-12-13(11-16(14)23-8-4-2-1-3-5-9-23)20(28)24(19(12)27)15-6-7-17(25)22-18(15)26/h10-11,15H,1-9H2,(H,22,25,26). The van der Waals surface area contributed by atoms with Gasteiger partial charge in [0.2, 0.25) is 11.8 Å². The van der Waals surface area contributed by atoms with Crippen molar-refractivity contribution < 1.29 is 23.6 Å². The highest BCUT2D eigenvalue weighted by atomic mass is 19.1. The molecular formula is C20H22FN3O4. The first-order chi connectivity index (χ1) is 13.5. The average Bonchev–Trinajstić information content (AvgIpc) is 2.85. The van der Waals surface area contributed by atoms with E-state index in [0.29, 0.717) is 18.8 Å². The highest BCUT2D eigenvalue weighted by Gasteiger charge is 2.45. The lowest BCUT2D eigenvalue weighted by Gasteiger charge is -2.28. The van der Waals surface area contributed by atoms with Gasteiger partial charge in [-0.15, -0.1) is 0 Å². The molecule has 0 saturated carbocycles. The van der Waals surface area contributed by atoms with Gasteiger partial charge in [0, 0.05) is 19.5 Å². The largest absolute Gasteiger partial charge is 0.369 e. The van der Waals surface area contributed by atoms with Crippen LogP contribution in [-0.4, -0.2) is 47.7 Å². The zero-order chi connectivity index (χ0) is 19.8. The fourth-order valence-corrected chi connectivity index (χ4v) is 4.21. The number of carbonyl (C=O) groups is 4. The number of hydrogen-bond donors (Lipinski definition) is 1. The Morgan fingerprint density at radius 1 is 0.893 bits per heavy atom. The summed E-state index contributed by atoms with van der Waals surface area (Å²) in [6, 6.07) is 1.51. The Hall–Kier alpha value is -2.77. The number of amides is 4. The van der Waals surface area contributed by atoms with Crippen molar-refractivity contribution in [1.29, 1.82) is 0 Å². The van der Waals surface area contributed by atoms with E-state index < -0.39 is 35.5 Å². The monoisotopic (exact) mass is 387 g/mol. The van der Waals surface area contributed by atoms with Crippen molar-refractivity contribution in [3.8, 4) is 0 Å². The number of nitrogens with zero attached hydrogens (tertiary/aromatic N) is 2. The number of piperidine rings is 1. The third-order valence-electron chi connectivity index (χ3n) is 5.70. The molecule has 148 valence electrons. The third-order valence-corrected chi connectivity index (χ3v) is 5.70. The van der Waals surface area contributed by atoms with Gasteiger partial charge in [0.15, 0.2) is 0 Å². The van der Waals surface area contributed by atoms with Gasteiger partial charge in [0.05, 0.1) is 16.8 Å². The molecule has 7 nitrogen and oxygen atoms in total. The van der Waals surface area contributed by atoms with Gasteiger partial charge in [0.1, 0.15) is 11.9 Å². The lowest BCUT2D eigenvalue weighted by molar-refractivity contribution is -0.136. The number of fused-ring (bicyclic) bond motifs is 1. The van der Waals surface area contributed by atoms with Gasteiger partial charge in [0.25, 0.3) is 11.8 Å². The van der Waals surface area contributed by atoms with Crippen LogP contribution in [0.3, 0.4) is 0 Å². The molecule has 1 atom stereocenters. The fraction of sp³-hybridized carbons (Fsp3) is 0.500. The number of hydrogen-bond acceptors (Lipinski definition) is 5. The van der Waals surface area contributed by atoms with Crippen LogP contribution >= 0.6 is 0 Å². The second-order valence-corrected chi connectivity index (χ2v) is 7.55. The number of anilines is 1. The zero-order valence-electron chi connectivity index (χ0n) is 15.5. The molecule has 3 aliphatic rings. The summed E-state index contributed by atoms with van der Waals surface area (Å²) in [6.45, 7) is 1.41. The summed E-state index contributed by atoms with van der Waals surface area (Å²) >= 11 is 0. The predicted octanol–water partition coefficient (Wildman–Crippen LogP) is 2.00. The lowest BCUT2D eigenvalue weighted by atomic mass is 10.0. The Morgan fingerprint density at radius 3 is 2.14 bits per heavy atom. The van der Waals surface area contributed by atoms with Crippen molar-refractivity contribution in [2.24, 2.45) is 0 Å². The fourth-order valence-electron chi connectivity index (χ4n) is 4.21. The zero-order valence-corrected chi connectivity index (χ0v) is 15.5. The van der Waals surface area contributed by atoms with Crippen LogP contribution in [-0.2, 0) is 9.59 Å². The highest BCUT2D eigenvalue weighted by molar-refractivity contribution is 6.23. The van der Waals surface area contributed by atoms with Crippen molar-refractivity contribution in [3.63, 3.8) is 0 Å². The Kier molecular flexibility index (Phi) is 4.87. The van der Waals surface area contributed by atoms with E-state index in [9.17, 15) is 23.6 Å². The molecule has 1 unspecified atom stereocenters. The number of halogens is 1. The van der Waals surface area contributed by atoms with E-state index in [1.165, 1.54) is 12.5 Å². The molecule has 4 amide bonds. The minimum Gasteiger partial charge on any atom is -0.369 e. The topological polar surface area (TPSA) is 86.8 Å². The average molecular weight is 387 g/mol. The second kappa shape index (κ2) is 7.33. The van der Waals surface area contributed by atoms with Crippen LogP contribution in [0, 0.1) is 5.82 Å². The molecule has 3 aliphatic heterocycles. The number of benzene rings is 1. The van der Waals surface area contributed by atoms with Gasteiger partial charge in [-0.05, 0) is 31.4 Å². The van der Waals surface area contributed by atoms with Crippen LogP contribution in [0.25, 0.3) is 0 Å². The van der Waals surface area contributed by atoms with Gasteiger partial charge in [-0.3, -0.25) is 29.4 Å². The molecule has 2 fully saturated rings. The second-order valence-electron chi connectivity index (χ2n) is 7.55. The van der Waals surface area contributed by atoms with Crippen molar-refractivity contribution >= 4 is 29.3 Å². The maximum absolute atomic E-state index is 14.8. The SMILES string of the molecule is O=C1CCC(N2C(=O)c3cc(F)c(N4CCCCCCC4)cc3C2=O)C(=O)N1. The predicted molar refractivity (Wildman–Crippen MR) is 98.4 cm³/mol. The molecule has 0 bridgehead atoms. The van der Waals surface area contributed by atoms with Gasteiger partial charge in [-0.1, -0.05) is 19.3 Å². The smallest absolute Gasteiger partial charge is 0.262 e. The van der Waals surface area contributed by atoms with Crippen molar-refractivity contribution in [2.45, 2.75) is 51.0 Å². The molecule has 8 heteroatoms. The molecule has 4 rings (SSSR count). The first-order valence-corrected chi connectivity index (χ1v) is 9.77. The molecule has 0 aliphatic carbocycles. The number of rotatable bonds is 2. The molecule has 0 aromatic heterocycles. The summed E-state index contributed by atoms with van der Waals surface area (Å²) < 4.78 is 14.8. The van der Waals surface area contributed by atoms with Gasteiger partial charge in [-0.2, -0.15) is 0 Å². The van der Waals surface area contributed by atoms with Crippen molar-refractivity contribution in [2.75, 3.05) is 18.0 Å². The Morgan fingerprint density at radius 2 is 1.50 bits per heavy atom. The minimum absolute atomic E-state index is 0.0250. The molecule has 0 spiro atoms. The van der Waals surface area contributed by atoms with E-state index >= 15 is 0 Å². The van der Waals surface area contributed by atoms with E-state index in [-0.39, 0.29) is 24.0 Å². The van der Waals surface area contributed by atoms with Crippen LogP contribution in [0.2, 0.25) is 0 Å². The van der Waals surface area contributed by atoms with E-state index in [0.717, 1.165) is 36.6 Å². The third kappa shape index (κ3) is 3.16. The molecule has 1 aromatic carbocycles. The van der Waals surface area contributed by atoms with E-state index in [2.05, 4.69) is 5.32 Å². The number of imide groups is 2. The van der Waals surface area contributed by atoms with Gasteiger partial charge < -0.3 is 4.90 Å². The maximum Gasteiger partial charge on any atom is 0.262 e. The first kappa shape index (κ1) is 18.6. The van der Waals surface area contributed by atoms with Gasteiger partial charge in [-0.25, -0.2) is 4.39 Å². The first-order valence-electron chi connectivity index (χ1n) is 9.77. The summed E-state index contributed by atoms with van der Waals surface area (Å²) in [7, 11) is 0. The molecule has 2 saturated heterocycles. The van der Waals surface area contributed by atoms with Crippen LogP contribution in [0.1, 0.15) is 65.7 Å². The normalized spacial score (nSPS) is 23.4. The quantitative estimate of drug-likeness (QED) is 0.785. The Bertz CT molecular complexity index is 861. The molecule has 3 heterocycles. The summed E-state index contributed by atoms with van der Waals surface area (Å²) in [5, 5.41) is 2.16. The Labute approximate surface area is 161 Å². The molecule has 0 radical (unpaired) electrons. The lowest BCUT2D eigenvalue weighted by Crippen LogP contribution is -2.54. The summed E-state index contributed by atoms with van der Waals surface area (Å²) in [5.74, 6) is -2.93. The van der Waals surface area contributed by atoms with Crippen molar-refractivity contribution in [1.82, 2.24) is 10.2 Å². The van der Waals surface area contributed by atoms with Crippen LogP contribution in [0.4, 0.5) is 10.1 Å². The summed E-state index contributed by atoms with van der Waals surface area (Å²) in [4.78, 5) is 51.9. The molecule has 28 heavy (non-hydrogen) atoms. The molecule has 1 N–H and O–H groups in total. The molecular weight excluding hydrogens is 365 g/mol. The van der Waals surface area contributed by atoms with E-state index in [4.69, 9.17) is 0 Å². The molecule has 1 aromatic rings. The number of nitrogens with one attached hydrogen (secondary N) is 1. The van der Waals surface area contributed by atoms with E-state index in [1.807, 2.05) is 4.90 Å². The summed E-state index contributed by atoms with van der Waals surface area (Å²) in [5.41, 5.74) is 0.420. The Balaban J connectivity index is 1.65. The maximum atomic E-state index is 14.8. The van der Waals surface area contributed by atoms with Crippen molar-refractivity contribution in [3.05, 3.63) is 29.1 Å². The van der Waals surface area contributed by atoms with Crippen LogP contribution < -0.4 is 10.2 Å². The van der Waals surface area contributed by atoms with Crippen LogP contribution in [0.15, 0.2) is 12.1 Å². The van der Waals surface area contributed by atoms with Crippen LogP contribution in [0.5, 0.6) is 0 Å².